The maximum Gasteiger partial charge on any atom is 0.0277 e. The van der Waals surface area contributed by atoms with Gasteiger partial charge in [0.05, 0.1) is 0 Å². The molecule has 0 aromatic carbocycles. The second-order valence-corrected chi connectivity index (χ2v) is 6.88. The third kappa shape index (κ3) is 11.0. The fraction of sp³-hybridized carbons (Fsp3) is 0.833. The largest absolute Gasteiger partial charge is 0.297 e. The lowest BCUT2D eigenvalue weighted by molar-refractivity contribution is 0.263. The number of hydrogen-bond acceptors (Lipinski definition) is 1. The Morgan fingerprint density at radius 3 is 2.37 bits per heavy atom. The van der Waals surface area contributed by atoms with Crippen LogP contribution in [0.25, 0.3) is 0 Å². The lowest BCUT2D eigenvalue weighted by Gasteiger charge is -2.26. The molecule has 0 spiro atoms. The highest BCUT2D eigenvalue weighted by Gasteiger charge is 2.18. The maximum atomic E-state index is 3.96. The molecule has 19 heavy (non-hydrogen) atoms. The molecule has 1 heteroatoms. The highest BCUT2D eigenvalue weighted by molar-refractivity contribution is 5.70. The monoisotopic (exact) mass is 265 g/mol. The molecule has 0 aliphatic carbocycles. The van der Waals surface area contributed by atoms with Crippen molar-refractivity contribution in [3.8, 4) is 0 Å². The molecule has 1 nitrogen and oxygen atoms in total. The van der Waals surface area contributed by atoms with Crippen LogP contribution >= 0.6 is 0 Å². The van der Waals surface area contributed by atoms with Crippen LogP contribution in [0.15, 0.2) is 17.1 Å². The maximum absolute atomic E-state index is 3.96. The lowest BCUT2D eigenvalue weighted by atomic mass is 9.80. The molecule has 0 rings (SSSR count). The molecule has 0 fully saturated rings. The minimum atomic E-state index is 0.512. The van der Waals surface area contributed by atoms with Crippen LogP contribution < -0.4 is 0 Å². The predicted octanol–water partition coefficient (Wildman–Crippen LogP) is 5.90. The minimum absolute atomic E-state index is 0.512. The van der Waals surface area contributed by atoms with E-state index in [0.29, 0.717) is 11.3 Å². The predicted molar refractivity (Wildman–Crippen MR) is 89.0 cm³/mol. The normalized spacial score (nSPS) is 16.3. The van der Waals surface area contributed by atoms with Gasteiger partial charge in [0.25, 0.3) is 0 Å². The summed E-state index contributed by atoms with van der Waals surface area (Å²) in [6, 6.07) is 0. The Labute approximate surface area is 121 Å². The van der Waals surface area contributed by atoms with E-state index in [4.69, 9.17) is 0 Å². The van der Waals surface area contributed by atoms with Crippen molar-refractivity contribution in [2.45, 2.75) is 73.1 Å². The van der Waals surface area contributed by atoms with E-state index in [1.165, 1.54) is 38.5 Å². The van der Waals surface area contributed by atoms with E-state index < -0.39 is 0 Å². The van der Waals surface area contributed by atoms with Gasteiger partial charge in [0.1, 0.15) is 0 Å². The Balaban J connectivity index is 3.84. The van der Waals surface area contributed by atoms with Gasteiger partial charge in [-0.05, 0) is 42.6 Å². The molecule has 0 saturated heterocycles. The summed E-state index contributed by atoms with van der Waals surface area (Å²) in [5.74, 6) is 1.55. The van der Waals surface area contributed by atoms with E-state index in [9.17, 15) is 0 Å². The smallest absolute Gasteiger partial charge is 0.0277 e. The van der Waals surface area contributed by atoms with Crippen molar-refractivity contribution in [2.75, 3.05) is 7.05 Å². The Morgan fingerprint density at radius 2 is 1.79 bits per heavy atom. The van der Waals surface area contributed by atoms with Crippen molar-refractivity contribution < 1.29 is 0 Å². The Bertz CT molecular complexity index is 263. The van der Waals surface area contributed by atoms with Gasteiger partial charge in [0, 0.05) is 13.3 Å². The average Bonchev–Trinajstić information content (AvgIpc) is 2.36. The number of rotatable bonds is 10. The average molecular weight is 265 g/mol. The Kier molecular flexibility index (Phi) is 9.91. The molecular weight excluding hydrogens is 230 g/mol. The first-order valence-electron chi connectivity index (χ1n) is 8.00. The van der Waals surface area contributed by atoms with Crippen molar-refractivity contribution in [3.05, 3.63) is 12.2 Å². The van der Waals surface area contributed by atoms with Crippen LogP contribution in [0.5, 0.6) is 0 Å². The lowest BCUT2D eigenvalue weighted by Crippen LogP contribution is -2.13. The topological polar surface area (TPSA) is 12.4 Å². The van der Waals surface area contributed by atoms with Gasteiger partial charge in [0.15, 0.2) is 0 Å². The Morgan fingerprint density at radius 1 is 1.11 bits per heavy atom. The van der Waals surface area contributed by atoms with Crippen LogP contribution in [0.4, 0.5) is 0 Å². The third-order valence-corrected chi connectivity index (χ3v) is 4.20. The highest BCUT2D eigenvalue weighted by atomic mass is 14.6. The van der Waals surface area contributed by atoms with Gasteiger partial charge < -0.3 is 0 Å². The molecule has 0 saturated carbocycles. The summed E-state index contributed by atoms with van der Waals surface area (Å²) in [6.45, 7) is 11.8. The van der Waals surface area contributed by atoms with Crippen molar-refractivity contribution >= 4 is 6.21 Å². The molecule has 2 unspecified atom stereocenters. The highest BCUT2D eigenvalue weighted by Crippen LogP contribution is 2.31. The molecule has 0 radical (unpaired) electrons. The van der Waals surface area contributed by atoms with Gasteiger partial charge in [-0.25, -0.2) is 0 Å². The summed E-state index contributed by atoms with van der Waals surface area (Å²) in [4.78, 5) is 3.96. The number of aliphatic imine (C=N–C) groups is 1. The zero-order valence-corrected chi connectivity index (χ0v) is 14.1. The standard InChI is InChI=1S/C18H35N/c1-7-16(2)12-14-18(4,5)13-8-10-17(3)11-9-15-19-6/h9,11,15-17H,7-8,10,12-14H2,1-6H3/b11-9-,19-15?. The molecule has 0 bridgehead atoms. The molecular formula is C18H35N. The molecule has 2 atom stereocenters. The first kappa shape index (κ1) is 18.4. The van der Waals surface area contributed by atoms with Crippen LogP contribution in [0.1, 0.15) is 73.1 Å². The first-order valence-corrected chi connectivity index (χ1v) is 8.00. The van der Waals surface area contributed by atoms with Crippen molar-refractivity contribution in [3.63, 3.8) is 0 Å². The van der Waals surface area contributed by atoms with Gasteiger partial charge in [0.2, 0.25) is 0 Å². The fourth-order valence-corrected chi connectivity index (χ4v) is 2.29. The first-order chi connectivity index (χ1) is 8.91. The summed E-state index contributed by atoms with van der Waals surface area (Å²) < 4.78 is 0. The molecule has 0 N–H and O–H groups in total. The zero-order valence-electron chi connectivity index (χ0n) is 14.1. The number of hydrogen-bond donors (Lipinski definition) is 0. The SMILES string of the molecule is CCC(C)CCC(C)(C)CCCC(C)/C=C\C=NC. The van der Waals surface area contributed by atoms with Crippen LogP contribution in [-0.4, -0.2) is 13.3 Å². The van der Waals surface area contributed by atoms with E-state index in [1.807, 2.05) is 13.3 Å². The van der Waals surface area contributed by atoms with Gasteiger partial charge in [-0.2, -0.15) is 0 Å². The van der Waals surface area contributed by atoms with E-state index in [2.05, 4.69) is 51.8 Å². The van der Waals surface area contributed by atoms with E-state index >= 15 is 0 Å². The summed E-state index contributed by atoms with van der Waals surface area (Å²) in [7, 11) is 1.81. The quantitative estimate of drug-likeness (QED) is 0.436. The summed E-state index contributed by atoms with van der Waals surface area (Å²) in [5.41, 5.74) is 0.512. The van der Waals surface area contributed by atoms with E-state index in [0.717, 1.165) is 5.92 Å². The molecule has 0 amide bonds. The van der Waals surface area contributed by atoms with Crippen molar-refractivity contribution in [1.82, 2.24) is 0 Å². The Hall–Kier alpha value is -0.590. The summed E-state index contributed by atoms with van der Waals surface area (Å²) in [6.07, 6.45) is 14.2. The molecule has 0 aliphatic heterocycles. The van der Waals surface area contributed by atoms with E-state index in [-0.39, 0.29) is 0 Å². The number of nitrogens with zero attached hydrogens (tertiary/aromatic N) is 1. The van der Waals surface area contributed by atoms with Crippen LogP contribution in [0.2, 0.25) is 0 Å². The molecule has 0 aliphatic rings. The molecule has 0 heterocycles. The minimum Gasteiger partial charge on any atom is -0.297 e. The van der Waals surface area contributed by atoms with Crippen molar-refractivity contribution in [2.24, 2.45) is 22.2 Å². The summed E-state index contributed by atoms with van der Waals surface area (Å²) >= 11 is 0. The van der Waals surface area contributed by atoms with Crippen molar-refractivity contribution in [1.29, 1.82) is 0 Å². The van der Waals surface area contributed by atoms with Gasteiger partial charge in [-0.1, -0.05) is 60.0 Å². The van der Waals surface area contributed by atoms with Gasteiger partial charge >= 0.3 is 0 Å². The second-order valence-electron chi connectivity index (χ2n) is 6.88. The fourth-order valence-electron chi connectivity index (χ4n) is 2.29. The van der Waals surface area contributed by atoms with Crippen LogP contribution in [0.3, 0.4) is 0 Å². The van der Waals surface area contributed by atoms with Crippen LogP contribution in [-0.2, 0) is 0 Å². The molecule has 0 aromatic rings. The van der Waals surface area contributed by atoms with Gasteiger partial charge in [-0.15, -0.1) is 0 Å². The summed E-state index contributed by atoms with van der Waals surface area (Å²) in [5, 5.41) is 0. The molecule has 112 valence electrons. The van der Waals surface area contributed by atoms with Crippen LogP contribution in [0, 0.1) is 17.3 Å². The van der Waals surface area contributed by atoms with Gasteiger partial charge in [-0.3, -0.25) is 4.99 Å². The number of allylic oxidation sites excluding steroid dienone is 2. The second kappa shape index (κ2) is 10.2. The molecule has 0 aromatic heterocycles. The zero-order chi connectivity index (χ0) is 14.7. The van der Waals surface area contributed by atoms with E-state index in [1.54, 1.807) is 0 Å². The third-order valence-electron chi connectivity index (χ3n) is 4.20.